The maximum Gasteiger partial charge on any atom is 0.232 e. The van der Waals surface area contributed by atoms with Gasteiger partial charge in [-0.05, 0) is 30.2 Å². The molecule has 0 aliphatic heterocycles. The van der Waals surface area contributed by atoms with Gasteiger partial charge in [0.15, 0.2) is 0 Å². The van der Waals surface area contributed by atoms with Crippen LogP contribution in [0.25, 0.3) is 0 Å². The maximum absolute atomic E-state index is 12.2. The van der Waals surface area contributed by atoms with E-state index in [0.717, 1.165) is 10.5 Å². The van der Waals surface area contributed by atoms with E-state index < -0.39 is 0 Å². The number of phenolic OH excluding ortho intramolecular Hbond substituents is 1. The Balaban J connectivity index is 1.91. The molecular formula is C17H19NO2S. The van der Waals surface area contributed by atoms with Crippen molar-refractivity contribution in [2.75, 3.05) is 12.8 Å². The Morgan fingerprint density at radius 2 is 1.81 bits per heavy atom. The van der Waals surface area contributed by atoms with Crippen molar-refractivity contribution in [1.29, 1.82) is 0 Å². The van der Waals surface area contributed by atoms with Crippen molar-refractivity contribution < 1.29 is 9.90 Å². The molecule has 2 rings (SSSR count). The second-order valence-electron chi connectivity index (χ2n) is 4.93. The molecule has 0 saturated carbocycles. The summed E-state index contributed by atoms with van der Waals surface area (Å²) in [6.07, 6.45) is 0. The van der Waals surface area contributed by atoms with E-state index in [-0.39, 0.29) is 11.7 Å². The molecule has 0 aliphatic rings. The molecule has 3 nitrogen and oxygen atoms in total. The van der Waals surface area contributed by atoms with Gasteiger partial charge >= 0.3 is 0 Å². The standard InChI is InChI=1S/C17H19NO2S/c1-13-7-3-4-8-14(13)11-18(2)17(20)12-21-16-10-6-5-9-15(16)19/h3-10,19H,11-12H2,1-2H3. The molecule has 2 aromatic carbocycles. The number of para-hydroxylation sites is 1. The average Bonchev–Trinajstić information content (AvgIpc) is 2.48. The third-order valence-corrected chi connectivity index (χ3v) is 4.36. The van der Waals surface area contributed by atoms with Crippen molar-refractivity contribution >= 4 is 17.7 Å². The molecule has 110 valence electrons. The van der Waals surface area contributed by atoms with Gasteiger partial charge in [-0.1, -0.05) is 36.4 Å². The number of hydrogen-bond donors (Lipinski definition) is 1. The SMILES string of the molecule is Cc1ccccc1CN(C)C(=O)CSc1ccccc1O. The van der Waals surface area contributed by atoms with E-state index in [9.17, 15) is 9.90 Å². The van der Waals surface area contributed by atoms with Crippen molar-refractivity contribution in [2.24, 2.45) is 0 Å². The fraction of sp³-hybridized carbons (Fsp3) is 0.235. The number of aryl methyl sites for hydroxylation is 1. The third kappa shape index (κ3) is 4.26. The summed E-state index contributed by atoms with van der Waals surface area (Å²) in [6.45, 7) is 2.65. The molecule has 0 fully saturated rings. The lowest BCUT2D eigenvalue weighted by Crippen LogP contribution is -2.28. The van der Waals surface area contributed by atoms with Crippen LogP contribution in [0, 0.1) is 6.92 Å². The number of phenols is 1. The highest BCUT2D eigenvalue weighted by molar-refractivity contribution is 8.00. The normalized spacial score (nSPS) is 10.4. The number of benzene rings is 2. The Labute approximate surface area is 129 Å². The Morgan fingerprint density at radius 1 is 1.14 bits per heavy atom. The lowest BCUT2D eigenvalue weighted by Gasteiger charge is -2.18. The van der Waals surface area contributed by atoms with Gasteiger partial charge in [-0.15, -0.1) is 11.8 Å². The van der Waals surface area contributed by atoms with E-state index in [0.29, 0.717) is 12.3 Å². The highest BCUT2D eigenvalue weighted by Gasteiger charge is 2.12. The van der Waals surface area contributed by atoms with Gasteiger partial charge in [0.25, 0.3) is 0 Å². The summed E-state index contributed by atoms with van der Waals surface area (Å²) >= 11 is 1.36. The molecule has 0 aromatic heterocycles. The molecular weight excluding hydrogens is 282 g/mol. The van der Waals surface area contributed by atoms with Crippen molar-refractivity contribution in [3.05, 3.63) is 59.7 Å². The van der Waals surface area contributed by atoms with Gasteiger partial charge in [0.2, 0.25) is 5.91 Å². The Bertz CT molecular complexity index is 628. The Morgan fingerprint density at radius 3 is 2.52 bits per heavy atom. The molecule has 0 saturated heterocycles. The molecule has 4 heteroatoms. The highest BCUT2D eigenvalue weighted by atomic mass is 32.2. The number of thioether (sulfide) groups is 1. The van der Waals surface area contributed by atoms with Gasteiger partial charge in [-0.2, -0.15) is 0 Å². The van der Waals surface area contributed by atoms with E-state index >= 15 is 0 Å². The first-order valence-corrected chi connectivity index (χ1v) is 7.75. The molecule has 1 amide bonds. The summed E-state index contributed by atoms with van der Waals surface area (Å²) in [4.78, 5) is 14.6. The first kappa shape index (κ1) is 15.4. The van der Waals surface area contributed by atoms with E-state index in [4.69, 9.17) is 0 Å². The quantitative estimate of drug-likeness (QED) is 0.860. The number of nitrogens with zero attached hydrogens (tertiary/aromatic N) is 1. The van der Waals surface area contributed by atoms with Crippen molar-refractivity contribution in [2.45, 2.75) is 18.4 Å². The van der Waals surface area contributed by atoms with Gasteiger partial charge in [0.1, 0.15) is 5.75 Å². The number of carbonyl (C=O) groups excluding carboxylic acids is 1. The predicted molar refractivity (Wildman–Crippen MR) is 86.5 cm³/mol. The summed E-state index contributed by atoms with van der Waals surface area (Å²) in [5.41, 5.74) is 2.34. The predicted octanol–water partition coefficient (Wildman–Crippen LogP) is 3.45. The van der Waals surface area contributed by atoms with E-state index in [1.165, 1.54) is 17.3 Å². The number of amides is 1. The van der Waals surface area contributed by atoms with Gasteiger partial charge < -0.3 is 10.0 Å². The molecule has 0 heterocycles. The minimum Gasteiger partial charge on any atom is -0.507 e. The van der Waals surface area contributed by atoms with Gasteiger partial charge in [0, 0.05) is 18.5 Å². The minimum atomic E-state index is 0.0477. The molecule has 0 aliphatic carbocycles. The molecule has 1 N–H and O–H groups in total. The second-order valence-corrected chi connectivity index (χ2v) is 5.95. The van der Waals surface area contributed by atoms with Gasteiger partial charge in [0.05, 0.1) is 5.75 Å². The molecule has 0 bridgehead atoms. The third-order valence-electron chi connectivity index (χ3n) is 3.31. The number of hydrogen-bond acceptors (Lipinski definition) is 3. The Hall–Kier alpha value is -1.94. The largest absolute Gasteiger partial charge is 0.507 e. The molecule has 0 unspecified atom stereocenters. The highest BCUT2D eigenvalue weighted by Crippen LogP contribution is 2.27. The van der Waals surface area contributed by atoms with Gasteiger partial charge in [-0.25, -0.2) is 0 Å². The topological polar surface area (TPSA) is 40.5 Å². The lowest BCUT2D eigenvalue weighted by atomic mass is 10.1. The zero-order valence-corrected chi connectivity index (χ0v) is 13.1. The van der Waals surface area contributed by atoms with Crippen LogP contribution < -0.4 is 0 Å². The van der Waals surface area contributed by atoms with Crippen LogP contribution in [0.15, 0.2) is 53.4 Å². The maximum atomic E-state index is 12.2. The molecule has 21 heavy (non-hydrogen) atoms. The lowest BCUT2D eigenvalue weighted by molar-refractivity contribution is -0.127. The number of aromatic hydroxyl groups is 1. The summed E-state index contributed by atoms with van der Waals surface area (Å²) in [5, 5.41) is 9.69. The van der Waals surface area contributed by atoms with E-state index in [1.807, 2.05) is 43.3 Å². The van der Waals surface area contributed by atoms with Crippen LogP contribution in [0.3, 0.4) is 0 Å². The van der Waals surface area contributed by atoms with Crippen molar-refractivity contribution in [3.8, 4) is 5.75 Å². The van der Waals surface area contributed by atoms with Gasteiger partial charge in [-0.3, -0.25) is 4.79 Å². The fourth-order valence-corrected chi connectivity index (χ4v) is 2.85. The van der Waals surface area contributed by atoms with Crippen LogP contribution >= 0.6 is 11.8 Å². The summed E-state index contributed by atoms with van der Waals surface area (Å²) < 4.78 is 0. The molecule has 0 atom stereocenters. The molecule has 0 radical (unpaired) electrons. The average molecular weight is 301 g/mol. The monoisotopic (exact) mass is 301 g/mol. The zero-order chi connectivity index (χ0) is 15.2. The number of rotatable bonds is 5. The van der Waals surface area contributed by atoms with Crippen LogP contribution in [0.4, 0.5) is 0 Å². The van der Waals surface area contributed by atoms with Crippen LogP contribution in [-0.4, -0.2) is 28.7 Å². The van der Waals surface area contributed by atoms with Crippen LogP contribution in [0.1, 0.15) is 11.1 Å². The molecule has 0 spiro atoms. The number of carbonyl (C=O) groups is 1. The first-order valence-electron chi connectivity index (χ1n) is 6.77. The van der Waals surface area contributed by atoms with E-state index in [2.05, 4.69) is 0 Å². The van der Waals surface area contributed by atoms with E-state index in [1.54, 1.807) is 24.1 Å². The summed E-state index contributed by atoms with van der Waals surface area (Å²) in [6, 6.07) is 15.1. The van der Waals surface area contributed by atoms with Crippen molar-refractivity contribution in [1.82, 2.24) is 4.90 Å². The Kier molecular flexibility index (Phi) is 5.28. The molecule has 2 aromatic rings. The summed E-state index contributed by atoms with van der Waals surface area (Å²) in [7, 11) is 1.81. The zero-order valence-electron chi connectivity index (χ0n) is 12.2. The van der Waals surface area contributed by atoms with Crippen LogP contribution in [0.5, 0.6) is 5.75 Å². The van der Waals surface area contributed by atoms with Crippen LogP contribution in [-0.2, 0) is 11.3 Å². The fourth-order valence-electron chi connectivity index (χ4n) is 1.96. The second kappa shape index (κ2) is 7.18. The smallest absolute Gasteiger partial charge is 0.232 e. The van der Waals surface area contributed by atoms with Crippen LogP contribution in [0.2, 0.25) is 0 Å². The first-order chi connectivity index (χ1) is 10.1. The van der Waals surface area contributed by atoms with Crippen molar-refractivity contribution in [3.63, 3.8) is 0 Å². The summed E-state index contributed by atoms with van der Waals surface area (Å²) in [5.74, 6) is 0.586. The minimum absolute atomic E-state index is 0.0477.